The third-order valence-corrected chi connectivity index (χ3v) is 2.51. The van der Waals surface area contributed by atoms with Gasteiger partial charge in [-0.1, -0.05) is 6.07 Å². The number of carbonyl (C=O) groups is 2. The number of fused-ring (bicyclic) bond motifs is 1. The van der Waals surface area contributed by atoms with Crippen molar-refractivity contribution in [1.29, 1.82) is 0 Å². The van der Waals surface area contributed by atoms with Crippen LogP contribution in [0.4, 0.5) is 0 Å². The van der Waals surface area contributed by atoms with Crippen LogP contribution in [-0.4, -0.2) is 17.0 Å². The van der Waals surface area contributed by atoms with Crippen molar-refractivity contribution in [3.63, 3.8) is 0 Å². The Labute approximate surface area is 79.8 Å². The quantitative estimate of drug-likeness (QED) is 0.705. The third kappa shape index (κ3) is 1.08. The number of carboxylic acids is 2. The fourth-order valence-electron chi connectivity index (χ4n) is 1.73. The van der Waals surface area contributed by atoms with Gasteiger partial charge in [0.25, 0.3) is 0 Å². The summed E-state index contributed by atoms with van der Waals surface area (Å²) >= 11 is 0. The van der Waals surface area contributed by atoms with E-state index in [0.717, 1.165) is 0 Å². The number of aromatic carboxylic acids is 2. The largest absolute Gasteiger partial charge is 0.545 e. The maximum absolute atomic E-state index is 10.7. The summed E-state index contributed by atoms with van der Waals surface area (Å²) in [5.74, 6) is -2.25. The van der Waals surface area contributed by atoms with Crippen LogP contribution >= 0.6 is 0 Å². The van der Waals surface area contributed by atoms with Crippen LogP contribution in [0.15, 0.2) is 12.1 Å². The molecule has 0 saturated carbocycles. The van der Waals surface area contributed by atoms with Gasteiger partial charge in [-0.2, -0.15) is 0 Å². The van der Waals surface area contributed by atoms with Gasteiger partial charge in [-0.25, -0.2) is 4.79 Å². The molecule has 0 unspecified atom stereocenters. The van der Waals surface area contributed by atoms with Crippen molar-refractivity contribution in [3.8, 4) is 0 Å². The molecule has 4 nitrogen and oxygen atoms in total. The number of benzene rings is 1. The molecule has 0 heterocycles. The molecule has 0 saturated heterocycles. The van der Waals surface area contributed by atoms with Crippen LogP contribution in [0.1, 0.15) is 31.8 Å². The predicted octanol–water partition coefficient (Wildman–Crippen LogP) is -0.153. The van der Waals surface area contributed by atoms with E-state index >= 15 is 0 Å². The smallest absolute Gasteiger partial charge is 0.335 e. The summed E-state index contributed by atoms with van der Waals surface area (Å²) in [4.78, 5) is 21.4. The Morgan fingerprint density at radius 2 is 1.64 bits per heavy atom. The van der Waals surface area contributed by atoms with E-state index in [2.05, 4.69) is 0 Å². The average molecular weight is 191 g/mol. The molecule has 0 spiro atoms. The first kappa shape index (κ1) is 8.74. The zero-order valence-electron chi connectivity index (χ0n) is 7.24. The highest BCUT2D eigenvalue weighted by Crippen LogP contribution is 2.29. The monoisotopic (exact) mass is 191 g/mol. The Balaban J connectivity index is 2.59. The first-order valence-electron chi connectivity index (χ1n) is 4.20. The first-order valence-corrected chi connectivity index (χ1v) is 4.20. The number of rotatable bonds is 2. The summed E-state index contributed by atoms with van der Waals surface area (Å²) in [5.41, 5.74) is 1.58. The number of hydrogen-bond acceptors (Lipinski definition) is 3. The highest BCUT2D eigenvalue weighted by atomic mass is 16.4. The van der Waals surface area contributed by atoms with Gasteiger partial charge in [0.05, 0.1) is 11.5 Å². The molecule has 0 radical (unpaired) electrons. The maximum atomic E-state index is 10.7. The Morgan fingerprint density at radius 3 is 2.07 bits per heavy atom. The van der Waals surface area contributed by atoms with Gasteiger partial charge in [0.2, 0.25) is 0 Å². The first-order chi connectivity index (χ1) is 6.61. The molecule has 0 fully saturated rings. The highest BCUT2D eigenvalue weighted by Gasteiger charge is 2.23. The Morgan fingerprint density at radius 1 is 1.14 bits per heavy atom. The van der Waals surface area contributed by atoms with Crippen LogP contribution in [-0.2, 0) is 12.8 Å². The molecule has 14 heavy (non-hydrogen) atoms. The van der Waals surface area contributed by atoms with Gasteiger partial charge < -0.3 is 15.0 Å². The van der Waals surface area contributed by atoms with E-state index in [9.17, 15) is 14.7 Å². The van der Waals surface area contributed by atoms with E-state index in [1.165, 1.54) is 12.1 Å². The van der Waals surface area contributed by atoms with Crippen molar-refractivity contribution >= 4 is 11.9 Å². The van der Waals surface area contributed by atoms with Gasteiger partial charge in [0, 0.05) is 5.56 Å². The molecule has 0 aliphatic heterocycles. The van der Waals surface area contributed by atoms with Crippen LogP contribution in [0, 0.1) is 0 Å². The Hall–Kier alpha value is -1.84. The second kappa shape index (κ2) is 2.83. The zero-order chi connectivity index (χ0) is 10.3. The number of carboxylic acid groups (broad SMARTS) is 2. The molecule has 72 valence electrons. The fraction of sp³-hybridized carbons (Fsp3) is 0.200. The van der Waals surface area contributed by atoms with Gasteiger partial charge >= 0.3 is 5.97 Å². The molecule has 0 aromatic heterocycles. The molecule has 2 rings (SSSR count). The summed E-state index contributed by atoms with van der Waals surface area (Å²) < 4.78 is 0. The normalized spacial score (nSPS) is 12.9. The molecular formula is C10H7O4-. The van der Waals surface area contributed by atoms with Crippen molar-refractivity contribution in [2.24, 2.45) is 0 Å². The standard InChI is InChI=1S/C10H8O4/c11-9(12)7-3-4-8(10(13)14)6-2-1-5(6)7/h3-4H,1-2H2,(H,11,12)(H,13,14)/p-1. The van der Waals surface area contributed by atoms with E-state index < -0.39 is 11.9 Å². The molecule has 0 bridgehead atoms. The highest BCUT2D eigenvalue weighted by molar-refractivity contribution is 5.95. The Kier molecular flexibility index (Phi) is 1.77. The van der Waals surface area contributed by atoms with E-state index in [4.69, 9.17) is 5.11 Å². The lowest BCUT2D eigenvalue weighted by molar-refractivity contribution is -0.255. The lowest BCUT2D eigenvalue weighted by Gasteiger charge is -2.24. The Bertz CT molecular complexity index is 393. The lowest BCUT2D eigenvalue weighted by Crippen LogP contribution is -2.28. The minimum absolute atomic E-state index is 0.122. The number of hydrogen-bond donors (Lipinski definition) is 1. The summed E-state index contributed by atoms with van der Waals surface area (Å²) in [5, 5.41) is 19.4. The second-order valence-corrected chi connectivity index (χ2v) is 3.21. The van der Waals surface area contributed by atoms with Crippen molar-refractivity contribution in [2.45, 2.75) is 12.8 Å². The summed E-state index contributed by atoms with van der Waals surface area (Å²) in [6.07, 6.45) is 1.26. The van der Waals surface area contributed by atoms with Crippen LogP contribution in [0.2, 0.25) is 0 Å². The SMILES string of the molecule is O=C([O-])c1ccc(C(=O)O)c2c1CC2. The van der Waals surface area contributed by atoms with E-state index in [1.54, 1.807) is 0 Å². The van der Waals surface area contributed by atoms with Gasteiger partial charge in [0.1, 0.15) is 0 Å². The molecule has 1 aliphatic carbocycles. The summed E-state index contributed by atoms with van der Waals surface area (Å²) in [6.45, 7) is 0. The molecule has 1 aliphatic rings. The fourth-order valence-corrected chi connectivity index (χ4v) is 1.73. The molecule has 0 amide bonds. The van der Waals surface area contributed by atoms with E-state index in [0.29, 0.717) is 24.0 Å². The minimum Gasteiger partial charge on any atom is -0.545 e. The van der Waals surface area contributed by atoms with Crippen molar-refractivity contribution in [3.05, 3.63) is 34.4 Å². The van der Waals surface area contributed by atoms with E-state index in [1.807, 2.05) is 0 Å². The molecule has 0 atom stereocenters. The van der Waals surface area contributed by atoms with Crippen LogP contribution < -0.4 is 5.11 Å². The van der Waals surface area contributed by atoms with E-state index in [-0.39, 0.29) is 11.1 Å². The minimum atomic E-state index is -1.24. The average Bonchev–Trinajstić information content (AvgIpc) is 2.04. The summed E-state index contributed by atoms with van der Waals surface area (Å²) in [6, 6.07) is 2.63. The number of carbonyl (C=O) groups excluding carboxylic acids is 1. The van der Waals surface area contributed by atoms with Crippen LogP contribution in [0.5, 0.6) is 0 Å². The third-order valence-electron chi connectivity index (χ3n) is 2.51. The molecule has 1 aromatic carbocycles. The molecule has 4 heteroatoms. The van der Waals surface area contributed by atoms with Crippen molar-refractivity contribution < 1.29 is 19.8 Å². The van der Waals surface area contributed by atoms with Gasteiger partial charge in [-0.05, 0) is 30.0 Å². The lowest BCUT2D eigenvalue weighted by atomic mass is 9.81. The van der Waals surface area contributed by atoms with Gasteiger partial charge in [-0.3, -0.25) is 0 Å². The predicted molar refractivity (Wildman–Crippen MR) is 45.1 cm³/mol. The summed E-state index contributed by atoms with van der Waals surface area (Å²) in [7, 11) is 0. The van der Waals surface area contributed by atoms with Gasteiger partial charge in [-0.15, -0.1) is 0 Å². The maximum Gasteiger partial charge on any atom is 0.335 e. The topological polar surface area (TPSA) is 77.4 Å². The molecular weight excluding hydrogens is 184 g/mol. The van der Waals surface area contributed by atoms with Crippen LogP contribution in [0.25, 0.3) is 0 Å². The van der Waals surface area contributed by atoms with Crippen molar-refractivity contribution in [1.82, 2.24) is 0 Å². The van der Waals surface area contributed by atoms with Gasteiger partial charge in [0.15, 0.2) is 0 Å². The van der Waals surface area contributed by atoms with Crippen molar-refractivity contribution in [2.75, 3.05) is 0 Å². The molecule has 1 aromatic rings. The van der Waals surface area contributed by atoms with Crippen LogP contribution in [0.3, 0.4) is 0 Å². The molecule has 1 N–H and O–H groups in total. The zero-order valence-corrected chi connectivity index (χ0v) is 7.24. The second-order valence-electron chi connectivity index (χ2n) is 3.21.